The predicted molar refractivity (Wildman–Crippen MR) is 62.6 cm³/mol. The van der Waals surface area contributed by atoms with Crippen molar-refractivity contribution in [1.29, 1.82) is 0 Å². The molecule has 0 aliphatic heterocycles. The molecule has 0 fully saturated rings. The highest BCUT2D eigenvalue weighted by molar-refractivity contribution is 5.83. The Morgan fingerprint density at radius 1 is 1.14 bits per heavy atom. The van der Waals surface area contributed by atoms with Crippen LogP contribution in [0.1, 0.15) is 53.4 Å². The molecule has 82 valence electrons. The zero-order chi connectivity index (χ0) is 10.8. The first-order chi connectivity index (χ1) is 6.70. The van der Waals surface area contributed by atoms with Crippen LogP contribution < -0.4 is 0 Å². The van der Waals surface area contributed by atoms with Crippen molar-refractivity contribution in [2.75, 3.05) is 6.61 Å². The van der Waals surface area contributed by atoms with Crippen molar-refractivity contribution in [3.63, 3.8) is 0 Å². The molecule has 0 atom stereocenters. The lowest BCUT2D eigenvalue weighted by Gasteiger charge is -2.02. The molecule has 0 bridgehead atoms. The summed E-state index contributed by atoms with van der Waals surface area (Å²) in [7, 11) is 0. The minimum Gasteiger partial charge on any atom is -0.392 e. The van der Waals surface area contributed by atoms with Crippen LogP contribution in [0.25, 0.3) is 0 Å². The Hall–Kier alpha value is -0.790. The van der Waals surface area contributed by atoms with Gasteiger partial charge >= 0.3 is 0 Å². The Kier molecular flexibility index (Phi) is 8.30. The molecule has 2 heteroatoms. The summed E-state index contributed by atoms with van der Waals surface area (Å²) in [5, 5.41) is 4.15. The van der Waals surface area contributed by atoms with Crippen molar-refractivity contribution < 1.29 is 4.84 Å². The van der Waals surface area contributed by atoms with Crippen molar-refractivity contribution in [3.8, 4) is 0 Å². The summed E-state index contributed by atoms with van der Waals surface area (Å²) in [6, 6.07) is 0. The highest BCUT2D eigenvalue weighted by Crippen LogP contribution is 2.01. The number of allylic oxidation sites excluding steroid dienone is 1. The van der Waals surface area contributed by atoms with Crippen molar-refractivity contribution in [2.24, 2.45) is 5.16 Å². The largest absolute Gasteiger partial charge is 0.392 e. The van der Waals surface area contributed by atoms with Crippen LogP contribution >= 0.6 is 0 Å². The lowest BCUT2D eigenvalue weighted by Crippen LogP contribution is -1.99. The molecular weight excluding hydrogens is 174 g/mol. The molecular formula is C12H23NO. The second-order valence-corrected chi connectivity index (χ2v) is 3.73. The average molecular weight is 197 g/mol. The van der Waals surface area contributed by atoms with Gasteiger partial charge in [-0.15, -0.1) is 0 Å². The molecule has 0 aliphatic carbocycles. The second kappa shape index (κ2) is 8.79. The summed E-state index contributed by atoms with van der Waals surface area (Å²) in [5.41, 5.74) is 2.46. The van der Waals surface area contributed by atoms with Crippen LogP contribution in [-0.2, 0) is 4.84 Å². The molecule has 0 aliphatic rings. The van der Waals surface area contributed by atoms with Crippen LogP contribution in [0.15, 0.2) is 16.8 Å². The van der Waals surface area contributed by atoms with Gasteiger partial charge in [0.15, 0.2) is 0 Å². The van der Waals surface area contributed by atoms with Gasteiger partial charge in [-0.05, 0) is 32.8 Å². The Balaban J connectivity index is 3.83. The fourth-order valence-corrected chi connectivity index (χ4v) is 1.13. The zero-order valence-corrected chi connectivity index (χ0v) is 9.97. The predicted octanol–water partition coefficient (Wildman–Crippen LogP) is 3.93. The van der Waals surface area contributed by atoms with E-state index in [1.165, 1.54) is 11.3 Å². The van der Waals surface area contributed by atoms with E-state index in [1.54, 1.807) is 0 Å². The van der Waals surface area contributed by atoms with Crippen LogP contribution in [0.2, 0.25) is 0 Å². The van der Waals surface area contributed by atoms with Crippen molar-refractivity contribution in [2.45, 2.75) is 53.4 Å². The summed E-state index contributed by atoms with van der Waals surface area (Å²) in [6.07, 6.45) is 6.44. The molecule has 0 aromatic rings. The summed E-state index contributed by atoms with van der Waals surface area (Å²) in [4.78, 5) is 5.22. The van der Waals surface area contributed by atoms with Crippen molar-refractivity contribution >= 4 is 5.71 Å². The van der Waals surface area contributed by atoms with Gasteiger partial charge in [0.25, 0.3) is 0 Å². The molecule has 0 N–H and O–H groups in total. The van der Waals surface area contributed by atoms with Gasteiger partial charge in [0.2, 0.25) is 0 Å². The van der Waals surface area contributed by atoms with Gasteiger partial charge in [0, 0.05) is 0 Å². The lowest BCUT2D eigenvalue weighted by atomic mass is 10.1. The third kappa shape index (κ3) is 7.84. The Bertz CT molecular complexity index is 182. The average Bonchev–Trinajstić information content (AvgIpc) is 2.12. The molecule has 0 aromatic carbocycles. The maximum Gasteiger partial charge on any atom is 0.135 e. The monoisotopic (exact) mass is 197 g/mol. The third-order valence-electron chi connectivity index (χ3n) is 1.84. The molecule has 0 heterocycles. The first kappa shape index (κ1) is 13.2. The fraction of sp³-hybridized carbons (Fsp3) is 0.750. The normalized spacial score (nSPS) is 9.43. The van der Waals surface area contributed by atoms with Gasteiger partial charge in [-0.2, -0.15) is 0 Å². The Morgan fingerprint density at radius 3 is 2.14 bits per heavy atom. The second-order valence-electron chi connectivity index (χ2n) is 3.73. The van der Waals surface area contributed by atoms with E-state index in [2.05, 4.69) is 32.9 Å². The van der Waals surface area contributed by atoms with E-state index in [1.807, 2.05) is 6.08 Å². The van der Waals surface area contributed by atoms with Crippen LogP contribution in [0.5, 0.6) is 0 Å². The molecule has 0 saturated carbocycles. The lowest BCUT2D eigenvalue weighted by molar-refractivity contribution is 0.172. The minimum atomic E-state index is 0.596. The van der Waals surface area contributed by atoms with E-state index in [9.17, 15) is 0 Å². The topological polar surface area (TPSA) is 21.6 Å². The number of oxime groups is 1. The smallest absolute Gasteiger partial charge is 0.135 e. The number of hydrogen-bond acceptors (Lipinski definition) is 2. The van der Waals surface area contributed by atoms with E-state index < -0.39 is 0 Å². The number of nitrogens with zero attached hydrogens (tertiary/aromatic N) is 1. The molecule has 0 aromatic heterocycles. The fourth-order valence-electron chi connectivity index (χ4n) is 1.13. The van der Waals surface area contributed by atoms with Crippen LogP contribution in [0.4, 0.5) is 0 Å². The van der Waals surface area contributed by atoms with Crippen LogP contribution in [0.3, 0.4) is 0 Å². The molecule has 0 saturated heterocycles. The van der Waals surface area contributed by atoms with Gasteiger partial charge in [-0.25, -0.2) is 0 Å². The van der Waals surface area contributed by atoms with E-state index in [0.717, 1.165) is 25.7 Å². The Labute approximate surface area is 88.0 Å². The quantitative estimate of drug-likeness (QED) is 0.262. The maximum atomic E-state index is 5.22. The maximum absolute atomic E-state index is 5.22. The van der Waals surface area contributed by atoms with Gasteiger partial charge in [-0.3, -0.25) is 0 Å². The summed E-state index contributed by atoms with van der Waals surface area (Å²) >= 11 is 0. The van der Waals surface area contributed by atoms with Gasteiger partial charge in [-0.1, -0.05) is 37.4 Å². The Morgan fingerprint density at radius 2 is 1.71 bits per heavy atom. The highest BCUT2D eigenvalue weighted by atomic mass is 16.6. The number of rotatable bonds is 7. The summed E-state index contributed by atoms with van der Waals surface area (Å²) < 4.78 is 0. The third-order valence-corrected chi connectivity index (χ3v) is 1.84. The van der Waals surface area contributed by atoms with E-state index in [-0.39, 0.29) is 0 Å². The van der Waals surface area contributed by atoms with Crippen molar-refractivity contribution in [1.82, 2.24) is 0 Å². The first-order valence-electron chi connectivity index (χ1n) is 5.51. The van der Waals surface area contributed by atoms with E-state index >= 15 is 0 Å². The molecule has 0 unspecified atom stereocenters. The highest BCUT2D eigenvalue weighted by Gasteiger charge is 1.96. The van der Waals surface area contributed by atoms with Gasteiger partial charge in [0.05, 0.1) is 5.71 Å². The summed E-state index contributed by atoms with van der Waals surface area (Å²) in [6.45, 7) is 9.06. The minimum absolute atomic E-state index is 0.596. The van der Waals surface area contributed by atoms with Crippen LogP contribution in [-0.4, -0.2) is 12.3 Å². The van der Waals surface area contributed by atoms with Crippen molar-refractivity contribution in [3.05, 3.63) is 11.6 Å². The van der Waals surface area contributed by atoms with E-state index in [0.29, 0.717) is 6.61 Å². The van der Waals surface area contributed by atoms with E-state index in [4.69, 9.17) is 4.84 Å². The van der Waals surface area contributed by atoms with Gasteiger partial charge in [0.1, 0.15) is 6.61 Å². The molecule has 0 amide bonds. The standard InChI is InChI=1S/C12H23NO/c1-5-7-12(8-6-2)13-14-10-9-11(3)4/h9H,5-8,10H2,1-4H3. The molecule has 0 rings (SSSR count). The van der Waals surface area contributed by atoms with Crippen LogP contribution in [0, 0.1) is 0 Å². The zero-order valence-electron chi connectivity index (χ0n) is 9.97. The number of hydrogen-bond donors (Lipinski definition) is 0. The molecule has 14 heavy (non-hydrogen) atoms. The first-order valence-corrected chi connectivity index (χ1v) is 5.51. The molecule has 0 spiro atoms. The van der Waals surface area contributed by atoms with Gasteiger partial charge < -0.3 is 4.84 Å². The SMILES string of the molecule is CCCC(CCC)=NOCC=C(C)C. The molecule has 0 radical (unpaired) electrons. The molecule has 2 nitrogen and oxygen atoms in total. The summed E-state index contributed by atoms with van der Waals surface area (Å²) in [5.74, 6) is 0.